The van der Waals surface area contributed by atoms with Crippen molar-refractivity contribution in [2.24, 2.45) is 0 Å². The van der Waals surface area contributed by atoms with Gasteiger partial charge in [0.15, 0.2) is 0 Å². The van der Waals surface area contributed by atoms with Crippen LogP contribution in [0.4, 0.5) is 0 Å². The molecule has 0 aliphatic carbocycles. The Hall–Kier alpha value is -2.10. The number of benzene rings is 1. The molecule has 0 saturated carbocycles. The van der Waals surface area contributed by atoms with Gasteiger partial charge in [0.25, 0.3) is 0 Å². The average molecular weight is 428 g/mol. The molecule has 1 saturated heterocycles. The van der Waals surface area contributed by atoms with Gasteiger partial charge in [0.1, 0.15) is 0 Å². The van der Waals surface area contributed by atoms with Crippen molar-refractivity contribution in [1.82, 2.24) is 10.6 Å². The fraction of sp³-hybridized carbons (Fsp3) is 0.385. The highest BCUT2D eigenvalue weighted by molar-refractivity contribution is 8.62. The first-order chi connectivity index (χ1) is 12.3. The first kappa shape index (κ1) is 24.9. The number of carbonyl (C=O) groups is 2. The lowest BCUT2D eigenvalue weighted by Crippen LogP contribution is -2.39. The molecular weight excluding hydrogens is 408 g/mol. The number of nitrogens with one attached hydrogen (secondary N) is 2. The van der Waals surface area contributed by atoms with Crippen molar-refractivity contribution in [3.63, 3.8) is 0 Å². The number of carboxylic acid groups (broad SMARTS) is 2. The molecule has 14 heteroatoms. The first-order valence-electron chi connectivity index (χ1n) is 7.21. The van der Waals surface area contributed by atoms with Crippen LogP contribution in [0.2, 0.25) is 0 Å². The van der Waals surface area contributed by atoms with E-state index in [0.717, 1.165) is 32.2 Å². The zero-order valence-corrected chi connectivity index (χ0v) is 15.7. The van der Waals surface area contributed by atoms with Crippen LogP contribution in [-0.4, -0.2) is 74.3 Å². The molecule has 0 unspecified atom stereocenters. The van der Waals surface area contributed by atoms with Gasteiger partial charge in [0.05, 0.1) is 11.1 Å². The second-order valence-corrected chi connectivity index (χ2v) is 9.23. The number of hydrogen-bond acceptors (Lipinski definition) is 8. The lowest BCUT2D eigenvalue weighted by Gasteiger charge is -2.11. The molecule has 0 radical (unpaired) electrons. The molecule has 1 aromatic carbocycles. The second-order valence-electron chi connectivity index (χ2n) is 5.00. The van der Waals surface area contributed by atoms with Crippen LogP contribution in [0.3, 0.4) is 0 Å². The third-order valence-electron chi connectivity index (χ3n) is 2.94. The number of aromatic carboxylic acids is 2. The van der Waals surface area contributed by atoms with Crippen LogP contribution in [0.5, 0.6) is 0 Å². The Labute approximate surface area is 155 Å². The summed E-state index contributed by atoms with van der Waals surface area (Å²) >= 11 is 0. The fourth-order valence-corrected chi connectivity index (χ4v) is 1.59. The van der Waals surface area contributed by atoms with E-state index in [2.05, 4.69) is 10.6 Å². The number of rotatable bonds is 3. The smallest absolute Gasteiger partial charge is 0.397 e. The van der Waals surface area contributed by atoms with Crippen molar-refractivity contribution in [2.75, 3.05) is 26.2 Å². The Kier molecular flexibility index (Phi) is 10.1. The molecule has 6 N–H and O–H groups in total. The van der Waals surface area contributed by atoms with Crippen molar-refractivity contribution >= 4 is 30.2 Å². The van der Waals surface area contributed by atoms with Crippen LogP contribution in [0.1, 0.15) is 26.3 Å². The van der Waals surface area contributed by atoms with Gasteiger partial charge >= 0.3 is 30.2 Å². The van der Waals surface area contributed by atoms with E-state index in [1.165, 1.54) is 12.1 Å². The largest absolute Gasteiger partial charge is 0.478 e. The molecular formula is C13H20N2O10S2. The van der Waals surface area contributed by atoms with Crippen molar-refractivity contribution in [3.8, 4) is 0 Å². The predicted octanol–water partition coefficient (Wildman–Crippen LogP) is -0.752. The molecule has 2 rings (SSSR count). The molecule has 1 fully saturated rings. The maximum Gasteiger partial charge on any atom is 0.397 e. The maximum atomic E-state index is 10.6. The van der Waals surface area contributed by atoms with Gasteiger partial charge in [-0.2, -0.15) is 16.8 Å². The van der Waals surface area contributed by atoms with Crippen LogP contribution in [0.15, 0.2) is 18.2 Å². The van der Waals surface area contributed by atoms with Crippen LogP contribution in [-0.2, 0) is 18.3 Å². The summed E-state index contributed by atoms with van der Waals surface area (Å²) in [6, 6.07) is 4.01. The van der Waals surface area contributed by atoms with E-state index in [1.807, 2.05) is 0 Å². The van der Waals surface area contributed by atoms with Gasteiger partial charge in [-0.3, -0.25) is 9.11 Å². The number of aryl methyl sites for hydroxylation is 1. The third kappa shape index (κ3) is 9.97. The monoisotopic (exact) mass is 428 g/mol. The molecule has 1 heterocycles. The summed E-state index contributed by atoms with van der Waals surface area (Å²) in [5, 5.41) is 23.7. The highest BCUT2D eigenvalue weighted by Gasteiger charge is 2.22. The average Bonchev–Trinajstić information content (AvgIpc) is 2.55. The van der Waals surface area contributed by atoms with Gasteiger partial charge in [0.2, 0.25) is 0 Å². The maximum absolute atomic E-state index is 10.6. The zero-order valence-electron chi connectivity index (χ0n) is 14.1. The summed E-state index contributed by atoms with van der Waals surface area (Å²) in [5.74, 6) is -2.23. The number of hydrogen-bond donors (Lipinski definition) is 6. The molecule has 0 atom stereocenters. The summed E-state index contributed by atoms with van der Waals surface area (Å²) in [5.41, 5.74) is 0.570. The van der Waals surface area contributed by atoms with E-state index in [0.29, 0.717) is 5.56 Å². The third-order valence-corrected chi connectivity index (χ3v) is 5.07. The van der Waals surface area contributed by atoms with E-state index >= 15 is 0 Å². The van der Waals surface area contributed by atoms with E-state index in [4.69, 9.17) is 19.3 Å². The minimum atomic E-state index is -5.31. The van der Waals surface area contributed by atoms with Crippen LogP contribution in [0.25, 0.3) is 0 Å². The lowest BCUT2D eigenvalue weighted by molar-refractivity contribution is 0.0695. The van der Waals surface area contributed by atoms with Crippen molar-refractivity contribution in [1.29, 1.82) is 0 Å². The molecule has 0 amide bonds. The summed E-state index contributed by atoms with van der Waals surface area (Å²) < 4.78 is 52.5. The zero-order chi connectivity index (χ0) is 21.3. The van der Waals surface area contributed by atoms with Gasteiger partial charge in [-0.1, -0.05) is 6.07 Å². The molecule has 12 nitrogen and oxygen atoms in total. The Morgan fingerprint density at radius 1 is 0.852 bits per heavy atom. The van der Waals surface area contributed by atoms with E-state index in [1.54, 1.807) is 6.92 Å². The Balaban J connectivity index is 0.000000412. The summed E-state index contributed by atoms with van der Waals surface area (Å²) in [6.45, 7) is 6.18. The van der Waals surface area contributed by atoms with Gasteiger partial charge in [-0.25, -0.2) is 9.59 Å². The second kappa shape index (κ2) is 10.9. The van der Waals surface area contributed by atoms with Crippen LogP contribution < -0.4 is 10.6 Å². The molecule has 1 aromatic rings. The minimum Gasteiger partial charge on any atom is -0.478 e. The van der Waals surface area contributed by atoms with E-state index < -0.39 is 30.2 Å². The van der Waals surface area contributed by atoms with E-state index in [9.17, 15) is 26.4 Å². The summed E-state index contributed by atoms with van der Waals surface area (Å²) in [6.07, 6.45) is 0. The summed E-state index contributed by atoms with van der Waals surface area (Å²) in [7, 11) is -10.6. The standard InChI is InChI=1S/C9H8O4.C4H10N2.H2O6S2/c1-5-2-3-6(8(10)11)4-7(5)9(12)13;1-2-6-4-3-5-1;1-7(2,3)8(4,5)6/h2-4H,1H3,(H,10,11)(H,12,13);5-6H,1-4H2;(H,1,2,3)(H,4,5,6). The molecule has 1 aliphatic heterocycles. The quantitative estimate of drug-likeness (QED) is 0.259. The van der Waals surface area contributed by atoms with Gasteiger partial charge in [-0.15, -0.1) is 0 Å². The Bertz CT molecular complexity index is 820. The molecule has 0 spiro atoms. The molecule has 0 aromatic heterocycles. The van der Waals surface area contributed by atoms with Crippen molar-refractivity contribution in [3.05, 3.63) is 34.9 Å². The molecule has 154 valence electrons. The van der Waals surface area contributed by atoms with Gasteiger partial charge < -0.3 is 20.8 Å². The van der Waals surface area contributed by atoms with Gasteiger partial charge in [-0.05, 0) is 24.6 Å². The molecule has 0 bridgehead atoms. The van der Waals surface area contributed by atoms with E-state index in [-0.39, 0.29) is 11.1 Å². The first-order valence-corrected chi connectivity index (χ1v) is 10.6. The highest BCUT2D eigenvalue weighted by atomic mass is 33.2. The molecule has 1 aliphatic rings. The van der Waals surface area contributed by atoms with Crippen molar-refractivity contribution < 1.29 is 45.7 Å². The Morgan fingerprint density at radius 2 is 1.26 bits per heavy atom. The van der Waals surface area contributed by atoms with Crippen molar-refractivity contribution in [2.45, 2.75) is 6.92 Å². The highest BCUT2D eigenvalue weighted by Crippen LogP contribution is 2.11. The summed E-state index contributed by atoms with van der Waals surface area (Å²) in [4.78, 5) is 21.1. The number of carboxylic acids is 2. The fourth-order valence-electron chi connectivity index (χ4n) is 1.59. The topological polar surface area (TPSA) is 207 Å². The minimum absolute atomic E-state index is 0.0111. The predicted molar refractivity (Wildman–Crippen MR) is 93.9 cm³/mol. The van der Waals surface area contributed by atoms with Gasteiger partial charge in [0, 0.05) is 26.2 Å². The number of piperazine rings is 1. The lowest BCUT2D eigenvalue weighted by atomic mass is 10.1. The normalized spacial score (nSPS) is 14.0. The van der Waals surface area contributed by atoms with Crippen LogP contribution >= 0.6 is 0 Å². The van der Waals surface area contributed by atoms with Crippen LogP contribution in [0, 0.1) is 6.92 Å². The molecule has 27 heavy (non-hydrogen) atoms. The SMILES string of the molecule is C1CNCCN1.Cc1ccc(C(=O)O)cc1C(=O)O.O=S(=O)(O)S(=O)(=O)O. The Morgan fingerprint density at radius 3 is 1.52 bits per heavy atom.